The molecule has 0 saturated heterocycles. The van der Waals surface area contributed by atoms with Crippen molar-refractivity contribution in [2.24, 2.45) is 0 Å². The summed E-state index contributed by atoms with van der Waals surface area (Å²) in [6.07, 6.45) is 4.45. The molecule has 0 saturated carbocycles. The number of imidazole rings is 1. The van der Waals surface area contributed by atoms with E-state index in [1.54, 1.807) is 25.4 Å². The second-order valence-corrected chi connectivity index (χ2v) is 4.24. The molecule has 0 aliphatic carbocycles. The van der Waals surface area contributed by atoms with Crippen molar-refractivity contribution >= 4 is 5.95 Å². The zero-order valence-corrected chi connectivity index (χ0v) is 11.0. The van der Waals surface area contributed by atoms with Crippen molar-refractivity contribution < 1.29 is 9.13 Å². The molecular formula is C14H18FN3O. The average Bonchev–Trinajstić information content (AvgIpc) is 2.85. The van der Waals surface area contributed by atoms with Crippen LogP contribution in [0.2, 0.25) is 0 Å². The van der Waals surface area contributed by atoms with Crippen LogP contribution in [-0.4, -0.2) is 29.8 Å². The summed E-state index contributed by atoms with van der Waals surface area (Å²) in [6, 6.07) is 6.78. The zero-order valence-electron chi connectivity index (χ0n) is 11.0. The second-order valence-electron chi connectivity index (χ2n) is 4.24. The minimum Gasteiger partial charge on any atom is -0.385 e. The zero-order chi connectivity index (χ0) is 13.5. The molecule has 2 aromatic rings. The summed E-state index contributed by atoms with van der Waals surface area (Å²) >= 11 is 0. The molecule has 0 fully saturated rings. The summed E-state index contributed by atoms with van der Waals surface area (Å²) in [6.45, 7) is 1.96. The van der Waals surface area contributed by atoms with Crippen LogP contribution >= 0.6 is 0 Å². The highest BCUT2D eigenvalue weighted by Gasteiger charge is 2.05. The Morgan fingerprint density at radius 2 is 2.21 bits per heavy atom. The van der Waals surface area contributed by atoms with Gasteiger partial charge in [-0.05, 0) is 12.5 Å². The van der Waals surface area contributed by atoms with E-state index in [1.165, 1.54) is 6.07 Å². The third kappa shape index (κ3) is 3.79. The first-order valence-corrected chi connectivity index (χ1v) is 6.28. The van der Waals surface area contributed by atoms with Crippen molar-refractivity contribution in [2.75, 3.05) is 25.6 Å². The van der Waals surface area contributed by atoms with E-state index >= 15 is 0 Å². The molecular weight excluding hydrogens is 245 g/mol. The number of ether oxygens (including phenoxy) is 1. The lowest BCUT2D eigenvalue weighted by atomic mass is 10.2. The van der Waals surface area contributed by atoms with Crippen molar-refractivity contribution in [3.63, 3.8) is 0 Å². The Morgan fingerprint density at radius 1 is 1.37 bits per heavy atom. The van der Waals surface area contributed by atoms with Crippen molar-refractivity contribution in [3.05, 3.63) is 48.0 Å². The third-order valence-corrected chi connectivity index (χ3v) is 2.82. The number of hydrogen-bond donors (Lipinski definition) is 1. The SMILES string of the molecule is COCCCNc1nccn1Cc1ccccc1F. The first-order valence-electron chi connectivity index (χ1n) is 6.28. The highest BCUT2D eigenvalue weighted by atomic mass is 19.1. The molecule has 0 aliphatic heterocycles. The Balaban J connectivity index is 1.98. The number of halogens is 1. The molecule has 0 spiro atoms. The van der Waals surface area contributed by atoms with Gasteiger partial charge in [0.2, 0.25) is 5.95 Å². The molecule has 102 valence electrons. The third-order valence-electron chi connectivity index (χ3n) is 2.82. The van der Waals surface area contributed by atoms with Gasteiger partial charge in [0.25, 0.3) is 0 Å². The minimum absolute atomic E-state index is 0.193. The molecule has 1 heterocycles. The van der Waals surface area contributed by atoms with Gasteiger partial charge in [-0.1, -0.05) is 18.2 Å². The molecule has 0 radical (unpaired) electrons. The number of benzene rings is 1. The van der Waals surface area contributed by atoms with E-state index in [1.807, 2.05) is 16.8 Å². The summed E-state index contributed by atoms with van der Waals surface area (Å²) < 4.78 is 20.5. The van der Waals surface area contributed by atoms with E-state index in [4.69, 9.17) is 4.74 Å². The van der Waals surface area contributed by atoms with Crippen molar-refractivity contribution in [1.82, 2.24) is 9.55 Å². The fraction of sp³-hybridized carbons (Fsp3) is 0.357. The Bertz CT molecular complexity index is 513. The van der Waals surface area contributed by atoms with Crippen molar-refractivity contribution in [2.45, 2.75) is 13.0 Å². The molecule has 0 aliphatic rings. The largest absolute Gasteiger partial charge is 0.385 e. The van der Waals surface area contributed by atoms with Gasteiger partial charge in [-0.2, -0.15) is 0 Å². The fourth-order valence-corrected chi connectivity index (χ4v) is 1.83. The van der Waals surface area contributed by atoms with E-state index in [0.29, 0.717) is 18.7 Å². The lowest BCUT2D eigenvalue weighted by molar-refractivity contribution is 0.197. The standard InChI is InChI=1S/C14H18FN3O/c1-19-10-4-7-16-14-17-8-9-18(14)11-12-5-2-3-6-13(12)15/h2-3,5-6,8-9H,4,7,10-11H2,1H3,(H,16,17). The molecule has 0 unspecified atom stereocenters. The van der Waals surface area contributed by atoms with Crippen LogP contribution in [0, 0.1) is 5.82 Å². The van der Waals surface area contributed by atoms with Gasteiger partial charge in [-0.3, -0.25) is 0 Å². The second kappa shape index (κ2) is 6.89. The molecule has 0 amide bonds. The number of rotatable bonds is 7. The Hall–Kier alpha value is -1.88. The first-order chi connectivity index (χ1) is 9.31. The minimum atomic E-state index is -0.193. The number of nitrogens with zero attached hydrogens (tertiary/aromatic N) is 2. The molecule has 1 N–H and O–H groups in total. The number of methoxy groups -OCH3 is 1. The predicted molar refractivity (Wildman–Crippen MR) is 72.7 cm³/mol. The average molecular weight is 263 g/mol. The van der Waals surface area contributed by atoms with Gasteiger partial charge in [0.15, 0.2) is 0 Å². The van der Waals surface area contributed by atoms with Crippen molar-refractivity contribution in [1.29, 1.82) is 0 Å². The maximum Gasteiger partial charge on any atom is 0.203 e. The van der Waals surface area contributed by atoms with E-state index in [0.717, 1.165) is 18.9 Å². The monoisotopic (exact) mass is 263 g/mol. The van der Waals surface area contributed by atoms with E-state index < -0.39 is 0 Å². The summed E-state index contributed by atoms with van der Waals surface area (Å²) in [5, 5.41) is 3.22. The van der Waals surface area contributed by atoms with Gasteiger partial charge in [0, 0.05) is 38.2 Å². The first kappa shape index (κ1) is 13.5. The quantitative estimate of drug-likeness (QED) is 0.780. The van der Waals surface area contributed by atoms with Crippen molar-refractivity contribution in [3.8, 4) is 0 Å². The molecule has 0 bridgehead atoms. The lowest BCUT2D eigenvalue weighted by Crippen LogP contribution is -2.11. The van der Waals surface area contributed by atoms with E-state index in [-0.39, 0.29) is 5.82 Å². The van der Waals surface area contributed by atoms with Crippen LogP contribution in [0.3, 0.4) is 0 Å². The normalized spacial score (nSPS) is 10.6. The molecule has 1 aromatic heterocycles. The van der Waals surface area contributed by atoms with Gasteiger partial charge in [-0.15, -0.1) is 0 Å². The van der Waals surface area contributed by atoms with Crippen LogP contribution in [-0.2, 0) is 11.3 Å². The summed E-state index contributed by atoms with van der Waals surface area (Å²) in [7, 11) is 1.68. The fourth-order valence-electron chi connectivity index (χ4n) is 1.83. The van der Waals surface area contributed by atoms with E-state index in [2.05, 4.69) is 10.3 Å². The van der Waals surface area contributed by atoms with Gasteiger partial charge >= 0.3 is 0 Å². The van der Waals surface area contributed by atoms with Crippen LogP contribution in [0.1, 0.15) is 12.0 Å². The Labute approximate surface area is 112 Å². The highest BCUT2D eigenvalue weighted by molar-refractivity contribution is 5.28. The van der Waals surface area contributed by atoms with Gasteiger partial charge in [0.1, 0.15) is 5.82 Å². The van der Waals surface area contributed by atoms with Crippen LogP contribution < -0.4 is 5.32 Å². The maximum atomic E-state index is 13.6. The van der Waals surface area contributed by atoms with E-state index in [9.17, 15) is 4.39 Å². The molecule has 4 nitrogen and oxygen atoms in total. The van der Waals surface area contributed by atoms with Gasteiger partial charge < -0.3 is 14.6 Å². The Morgan fingerprint density at radius 3 is 3.00 bits per heavy atom. The lowest BCUT2D eigenvalue weighted by Gasteiger charge is -2.10. The summed E-state index contributed by atoms with van der Waals surface area (Å²) in [4.78, 5) is 4.23. The summed E-state index contributed by atoms with van der Waals surface area (Å²) in [5.74, 6) is 0.556. The predicted octanol–water partition coefficient (Wildman–Crippen LogP) is 2.52. The number of aromatic nitrogens is 2. The smallest absolute Gasteiger partial charge is 0.203 e. The summed E-state index contributed by atoms with van der Waals surface area (Å²) in [5.41, 5.74) is 0.653. The molecule has 1 aromatic carbocycles. The topological polar surface area (TPSA) is 39.1 Å². The number of hydrogen-bond acceptors (Lipinski definition) is 3. The maximum absolute atomic E-state index is 13.6. The van der Waals surface area contributed by atoms with Crippen LogP contribution in [0.15, 0.2) is 36.7 Å². The number of anilines is 1. The highest BCUT2D eigenvalue weighted by Crippen LogP contribution is 2.12. The molecule has 19 heavy (non-hydrogen) atoms. The molecule has 2 rings (SSSR count). The van der Waals surface area contributed by atoms with Crippen LogP contribution in [0.5, 0.6) is 0 Å². The molecule has 0 atom stereocenters. The van der Waals surface area contributed by atoms with Gasteiger partial charge in [-0.25, -0.2) is 9.37 Å². The number of nitrogens with one attached hydrogen (secondary N) is 1. The van der Waals surface area contributed by atoms with Crippen LogP contribution in [0.25, 0.3) is 0 Å². The van der Waals surface area contributed by atoms with Gasteiger partial charge in [0.05, 0.1) is 6.54 Å². The Kier molecular flexibility index (Phi) is 4.92. The molecule has 5 heteroatoms. The van der Waals surface area contributed by atoms with Crippen LogP contribution in [0.4, 0.5) is 10.3 Å².